The van der Waals surface area contributed by atoms with E-state index in [9.17, 15) is 13.2 Å². The zero-order chi connectivity index (χ0) is 14.8. The Balaban J connectivity index is 1.98. The molecule has 1 aliphatic rings. The summed E-state index contributed by atoms with van der Waals surface area (Å²) >= 11 is 0. The van der Waals surface area contributed by atoms with Crippen LogP contribution in [-0.2, 0) is 14.8 Å². The van der Waals surface area contributed by atoms with Crippen molar-refractivity contribution in [1.29, 1.82) is 0 Å². The number of piperazine rings is 1. The highest BCUT2D eigenvalue weighted by atomic mass is 32.2. The van der Waals surface area contributed by atoms with Gasteiger partial charge in [0.25, 0.3) is 0 Å². The fourth-order valence-electron chi connectivity index (χ4n) is 1.93. The first-order chi connectivity index (χ1) is 9.36. The standard InChI is InChI=1S/C12H18N4O3S/c1-8-6-15-11(7-14-8)12(17)16-9-2-4-10(5-3-9)20(13,18)19/h2-5,8,11,14-15H,6-7H2,1H3,(H,16,17)(H2,13,18,19). The summed E-state index contributed by atoms with van der Waals surface area (Å²) in [6.45, 7) is 3.32. The van der Waals surface area contributed by atoms with Gasteiger partial charge in [-0.05, 0) is 31.2 Å². The summed E-state index contributed by atoms with van der Waals surface area (Å²) in [5, 5.41) is 14.1. The summed E-state index contributed by atoms with van der Waals surface area (Å²) in [5.74, 6) is -0.159. The van der Waals surface area contributed by atoms with E-state index in [1.165, 1.54) is 24.3 Å². The average Bonchev–Trinajstić information content (AvgIpc) is 2.39. The van der Waals surface area contributed by atoms with Crippen LogP contribution in [0.4, 0.5) is 5.69 Å². The molecule has 1 aromatic rings. The maximum absolute atomic E-state index is 12.0. The van der Waals surface area contributed by atoms with Crippen molar-refractivity contribution in [3.63, 3.8) is 0 Å². The lowest BCUT2D eigenvalue weighted by atomic mass is 10.1. The van der Waals surface area contributed by atoms with Crippen molar-refractivity contribution >= 4 is 21.6 Å². The lowest BCUT2D eigenvalue weighted by Gasteiger charge is -2.28. The molecule has 1 aromatic carbocycles. The van der Waals surface area contributed by atoms with Crippen molar-refractivity contribution in [3.05, 3.63) is 24.3 Å². The highest BCUT2D eigenvalue weighted by Gasteiger charge is 2.23. The molecule has 1 fully saturated rings. The Bertz CT molecular complexity index is 577. The third-order valence-corrected chi connectivity index (χ3v) is 4.04. The van der Waals surface area contributed by atoms with Gasteiger partial charge in [0, 0.05) is 24.8 Å². The number of carbonyl (C=O) groups is 1. The summed E-state index contributed by atoms with van der Waals surface area (Å²) in [6, 6.07) is 5.78. The van der Waals surface area contributed by atoms with Crippen molar-refractivity contribution in [1.82, 2.24) is 10.6 Å². The number of primary sulfonamides is 1. The molecule has 1 aliphatic heterocycles. The van der Waals surface area contributed by atoms with Gasteiger partial charge in [0.2, 0.25) is 15.9 Å². The van der Waals surface area contributed by atoms with E-state index in [-0.39, 0.29) is 16.8 Å². The molecule has 0 radical (unpaired) electrons. The minimum atomic E-state index is -3.71. The SMILES string of the molecule is CC1CNC(C(=O)Nc2ccc(S(N)(=O)=O)cc2)CN1. The van der Waals surface area contributed by atoms with E-state index < -0.39 is 10.0 Å². The van der Waals surface area contributed by atoms with Gasteiger partial charge < -0.3 is 16.0 Å². The largest absolute Gasteiger partial charge is 0.325 e. The fraction of sp³-hybridized carbons (Fsp3) is 0.417. The number of nitrogens with two attached hydrogens (primary N) is 1. The molecule has 1 heterocycles. The van der Waals surface area contributed by atoms with Crippen LogP contribution in [0.1, 0.15) is 6.92 Å². The van der Waals surface area contributed by atoms with Crippen molar-refractivity contribution in [2.45, 2.75) is 23.9 Å². The molecule has 8 heteroatoms. The van der Waals surface area contributed by atoms with Crippen LogP contribution in [0.3, 0.4) is 0 Å². The molecule has 0 saturated carbocycles. The molecule has 1 saturated heterocycles. The molecule has 0 aromatic heterocycles. The van der Waals surface area contributed by atoms with Gasteiger partial charge in [0.1, 0.15) is 0 Å². The number of hydrogen-bond donors (Lipinski definition) is 4. The van der Waals surface area contributed by atoms with E-state index in [0.29, 0.717) is 18.3 Å². The lowest BCUT2D eigenvalue weighted by molar-refractivity contribution is -0.118. The third-order valence-electron chi connectivity index (χ3n) is 3.11. The maximum Gasteiger partial charge on any atom is 0.242 e. The van der Waals surface area contributed by atoms with E-state index in [4.69, 9.17) is 5.14 Å². The zero-order valence-corrected chi connectivity index (χ0v) is 11.9. The minimum Gasteiger partial charge on any atom is -0.325 e. The summed E-state index contributed by atoms with van der Waals surface area (Å²) in [4.78, 5) is 12.0. The highest BCUT2D eigenvalue weighted by molar-refractivity contribution is 7.89. The van der Waals surface area contributed by atoms with Crippen LogP contribution in [0.25, 0.3) is 0 Å². The monoisotopic (exact) mass is 298 g/mol. The quantitative estimate of drug-likeness (QED) is 0.585. The third kappa shape index (κ3) is 3.76. The molecular formula is C12H18N4O3S. The smallest absolute Gasteiger partial charge is 0.242 e. The minimum absolute atomic E-state index is 0.0155. The molecule has 5 N–H and O–H groups in total. The number of carbonyl (C=O) groups excluding carboxylic acids is 1. The topological polar surface area (TPSA) is 113 Å². The van der Waals surface area contributed by atoms with E-state index in [1.54, 1.807) is 0 Å². The Kier molecular flexibility index (Phi) is 4.39. The van der Waals surface area contributed by atoms with Gasteiger partial charge in [0.15, 0.2) is 0 Å². The number of benzene rings is 1. The van der Waals surface area contributed by atoms with Crippen molar-refractivity contribution in [3.8, 4) is 0 Å². The Morgan fingerprint density at radius 1 is 1.25 bits per heavy atom. The number of amides is 1. The van der Waals surface area contributed by atoms with Gasteiger partial charge in [-0.25, -0.2) is 13.6 Å². The Morgan fingerprint density at radius 3 is 2.40 bits per heavy atom. The molecule has 0 bridgehead atoms. The summed E-state index contributed by atoms with van der Waals surface area (Å²) in [5.41, 5.74) is 0.530. The Labute approximate surface area is 118 Å². The molecule has 20 heavy (non-hydrogen) atoms. The van der Waals surface area contributed by atoms with Crippen molar-refractivity contribution < 1.29 is 13.2 Å². The number of anilines is 1. The van der Waals surface area contributed by atoms with Gasteiger partial charge >= 0.3 is 0 Å². The second kappa shape index (κ2) is 5.88. The van der Waals surface area contributed by atoms with Crippen LogP contribution in [0.2, 0.25) is 0 Å². The Hall–Kier alpha value is -1.48. The molecule has 2 unspecified atom stereocenters. The number of rotatable bonds is 3. The maximum atomic E-state index is 12.0. The van der Waals surface area contributed by atoms with Gasteiger partial charge in [0.05, 0.1) is 10.9 Å². The van der Waals surface area contributed by atoms with Gasteiger partial charge in [-0.15, -0.1) is 0 Å². The highest BCUT2D eigenvalue weighted by Crippen LogP contribution is 2.13. The number of sulfonamides is 1. The molecule has 110 valence electrons. The number of nitrogens with one attached hydrogen (secondary N) is 3. The molecule has 7 nitrogen and oxygen atoms in total. The fourth-order valence-corrected chi connectivity index (χ4v) is 2.44. The molecule has 0 spiro atoms. The summed E-state index contributed by atoms with van der Waals surface area (Å²) < 4.78 is 22.2. The van der Waals surface area contributed by atoms with E-state index in [1.807, 2.05) is 6.92 Å². The zero-order valence-electron chi connectivity index (χ0n) is 11.1. The van der Waals surface area contributed by atoms with Crippen LogP contribution in [0.5, 0.6) is 0 Å². The van der Waals surface area contributed by atoms with Crippen LogP contribution in [0, 0.1) is 0 Å². The van der Waals surface area contributed by atoms with Crippen LogP contribution in [0.15, 0.2) is 29.2 Å². The van der Waals surface area contributed by atoms with Crippen molar-refractivity contribution in [2.75, 3.05) is 18.4 Å². The predicted molar refractivity (Wildman–Crippen MR) is 75.7 cm³/mol. The molecule has 2 rings (SSSR count). The van der Waals surface area contributed by atoms with Crippen LogP contribution < -0.4 is 21.1 Å². The number of hydrogen-bond acceptors (Lipinski definition) is 5. The summed E-state index contributed by atoms with van der Waals surface area (Å²) in [7, 11) is -3.71. The predicted octanol–water partition coefficient (Wildman–Crippen LogP) is -0.778. The molecule has 2 atom stereocenters. The first-order valence-corrected chi connectivity index (χ1v) is 7.81. The van der Waals surface area contributed by atoms with Gasteiger partial charge in [-0.1, -0.05) is 0 Å². The first-order valence-electron chi connectivity index (χ1n) is 6.27. The molecule has 1 amide bonds. The second-order valence-corrected chi connectivity index (χ2v) is 6.39. The lowest BCUT2D eigenvalue weighted by Crippen LogP contribution is -2.57. The van der Waals surface area contributed by atoms with E-state index >= 15 is 0 Å². The van der Waals surface area contributed by atoms with Gasteiger partial charge in [-0.3, -0.25) is 4.79 Å². The van der Waals surface area contributed by atoms with E-state index in [2.05, 4.69) is 16.0 Å². The van der Waals surface area contributed by atoms with Gasteiger partial charge in [-0.2, -0.15) is 0 Å². The first kappa shape index (κ1) is 14.9. The van der Waals surface area contributed by atoms with Crippen LogP contribution >= 0.6 is 0 Å². The average molecular weight is 298 g/mol. The summed E-state index contributed by atoms with van der Waals surface area (Å²) in [6.07, 6.45) is 0. The van der Waals surface area contributed by atoms with Crippen LogP contribution in [-0.4, -0.2) is 39.5 Å². The second-order valence-electron chi connectivity index (χ2n) is 4.83. The van der Waals surface area contributed by atoms with E-state index in [0.717, 1.165) is 6.54 Å². The Morgan fingerprint density at radius 2 is 1.90 bits per heavy atom. The normalized spacial score (nSPS) is 23.3. The molecule has 0 aliphatic carbocycles. The van der Waals surface area contributed by atoms with Crippen molar-refractivity contribution in [2.24, 2.45) is 5.14 Å². The molecular weight excluding hydrogens is 280 g/mol.